The van der Waals surface area contributed by atoms with Crippen molar-refractivity contribution >= 4 is 11.7 Å². The lowest BCUT2D eigenvalue weighted by molar-refractivity contribution is -0.128. The molecule has 8 nitrogen and oxygen atoms in total. The number of likely N-dealkylation sites (N-methyl/N-ethyl adjacent to an activating group) is 1. The molecule has 0 radical (unpaired) electrons. The van der Waals surface area contributed by atoms with E-state index < -0.39 is 0 Å². The summed E-state index contributed by atoms with van der Waals surface area (Å²) in [5.74, 6) is 1.69. The van der Waals surface area contributed by atoms with Gasteiger partial charge in [0.05, 0.1) is 5.69 Å². The summed E-state index contributed by atoms with van der Waals surface area (Å²) in [7, 11) is 2.16. The van der Waals surface area contributed by atoms with Gasteiger partial charge in [-0.25, -0.2) is 6.57 Å². The number of carbonyl (C=O) groups excluding carboxylic acids is 1. The van der Waals surface area contributed by atoms with Crippen LogP contribution >= 0.6 is 0 Å². The largest absolute Gasteiger partial charge is 0.462 e. The number of aryl methyl sites for hydroxylation is 1. The number of piperazine rings is 1. The fourth-order valence-corrected chi connectivity index (χ4v) is 7.56. The summed E-state index contributed by atoms with van der Waals surface area (Å²) in [5, 5.41) is 0. The summed E-state index contributed by atoms with van der Waals surface area (Å²) in [4.78, 5) is 32.7. The number of amides is 1. The Morgan fingerprint density at radius 2 is 2.02 bits per heavy atom. The molecule has 6 rings (SSSR count). The lowest BCUT2D eigenvalue weighted by Crippen LogP contribution is -2.56. The number of carbonyl (C=O) groups is 1. The second-order valence-electron chi connectivity index (χ2n) is 12.3. The Morgan fingerprint density at radius 3 is 2.80 bits per heavy atom. The van der Waals surface area contributed by atoms with Crippen LogP contribution in [0.5, 0.6) is 6.01 Å². The maximum atomic E-state index is 12.6. The Hall–Kier alpha value is -3.44. The van der Waals surface area contributed by atoms with E-state index in [1.165, 1.54) is 48.4 Å². The Balaban J connectivity index is 1.33. The molecule has 1 aromatic carbocycles. The molecule has 2 aliphatic carbocycles. The average molecular weight is 555 g/mol. The minimum absolute atomic E-state index is 0.112. The van der Waals surface area contributed by atoms with E-state index in [0.29, 0.717) is 50.1 Å². The van der Waals surface area contributed by atoms with E-state index in [0.717, 1.165) is 37.3 Å². The highest BCUT2D eigenvalue weighted by Gasteiger charge is 2.37. The van der Waals surface area contributed by atoms with Crippen molar-refractivity contribution in [2.24, 2.45) is 5.92 Å². The molecule has 4 aliphatic rings. The molecule has 2 fully saturated rings. The number of anilines is 1. The average Bonchev–Trinajstić information content (AvgIpc) is 3.64. The van der Waals surface area contributed by atoms with Crippen molar-refractivity contribution in [2.45, 2.75) is 69.9 Å². The molecule has 0 saturated carbocycles. The number of rotatable bonds is 7. The number of ether oxygens (including phenoxy) is 1. The van der Waals surface area contributed by atoms with Crippen molar-refractivity contribution in [3.05, 3.63) is 70.2 Å². The molecule has 2 saturated heterocycles. The Morgan fingerprint density at radius 1 is 1.15 bits per heavy atom. The smallest absolute Gasteiger partial charge is 0.318 e. The van der Waals surface area contributed by atoms with Crippen LogP contribution in [-0.2, 0) is 30.5 Å². The molecule has 3 heterocycles. The van der Waals surface area contributed by atoms with Crippen molar-refractivity contribution in [2.75, 3.05) is 51.3 Å². The fraction of sp³-hybridized carbons (Fsp3) is 0.576. The minimum Gasteiger partial charge on any atom is -0.462 e. The van der Waals surface area contributed by atoms with Crippen LogP contribution in [0.1, 0.15) is 60.1 Å². The summed E-state index contributed by atoms with van der Waals surface area (Å²) in [5.41, 5.74) is 6.88. The van der Waals surface area contributed by atoms with Gasteiger partial charge in [0, 0.05) is 31.2 Å². The maximum absolute atomic E-state index is 12.6. The fourth-order valence-electron chi connectivity index (χ4n) is 7.56. The third kappa shape index (κ3) is 5.44. The van der Waals surface area contributed by atoms with Gasteiger partial charge in [-0.15, -0.1) is 0 Å². The summed E-state index contributed by atoms with van der Waals surface area (Å²) >= 11 is 0. The number of nitrogens with zero attached hydrogens (tertiary/aromatic N) is 6. The molecule has 4 atom stereocenters. The first-order chi connectivity index (χ1) is 20.0. The van der Waals surface area contributed by atoms with Crippen LogP contribution < -0.4 is 9.64 Å². The zero-order valence-corrected chi connectivity index (χ0v) is 24.5. The summed E-state index contributed by atoms with van der Waals surface area (Å²) < 4.78 is 6.33. The second-order valence-corrected chi connectivity index (χ2v) is 12.3. The second kappa shape index (κ2) is 11.8. The molecule has 1 aromatic heterocycles. The predicted octanol–water partition coefficient (Wildman–Crippen LogP) is 4.08. The van der Waals surface area contributed by atoms with E-state index >= 15 is 0 Å². The highest BCUT2D eigenvalue weighted by atomic mass is 16.5. The van der Waals surface area contributed by atoms with Gasteiger partial charge in [0.1, 0.15) is 18.5 Å². The lowest BCUT2D eigenvalue weighted by Gasteiger charge is -2.41. The molecule has 2 aromatic rings. The SMILES string of the molecule is [C-]#[N+]C[C@H]1CN(c2nc(OC[C@@H]3CCCN3C)nc3c2C[C@@H](C)[C@H](c2cccc4c2CCC4)C3)CCN1C(=O)C=C. The van der Waals surface area contributed by atoms with Crippen LogP contribution in [0.4, 0.5) is 5.82 Å². The third-order valence-corrected chi connectivity index (χ3v) is 9.88. The van der Waals surface area contributed by atoms with E-state index in [9.17, 15) is 4.79 Å². The van der Waals surface area contributed by atoms with E-state index in [4.69, 9.17) is 21.3 Å². The van der Waals surface area contributed by atoms with E-state index in [1.54, 1.807) is 10.5 Å². The zero-order valence-electron chi connectivity index (χ0n) is 24.5. The maximum Gasteiger partial charge on any atom is 0.318 e. The van der Waals surface area contributed by atoms with Gasteiger partial charge in [-0.05, 0) is 93.1 Å². The first-order valence-corrected chi connectivity index (χ1v) is 15.3. The Kier molecular flexibility index (Phi) is 7.99. The van der Waals surface area contributed by atoms with Crippen LogP contribution in [0.2, 0.25) is 0 Å². The van der Waals surface area contributed by atoms with Crippen LogP contribution in [0.25, 0.3) is 4.85 Å². The van der Waals surface area contributed by atoms with Gasteiger partial charge >= 0.3 is 6.01 Å². The number of aromatic nitrogens is 2. The van der Waals surface area contributed by atoms with Crippen LogP contribution in [0.3, 0.4) is 0 Å². The van der Waals surface area contributed by atoms with Crippen molar-refractivity contribution in [1.29, 1.82) is 0 Å². The molecule has 0 N–H and O–H groups in total. The quantitative estimate of drug-likeness (QED) is 0.380. The van der Waals surface area contributed by atoms with Crippen molar-refractivity contribution in [3.8, 4) is 6.01 Å². The van der Waals surface area contributed by atoms with Gasteiger partial charge < -0.3 is 24.3 Å². The van der Waals surface area contributed by atoms with Crippen molar-refractivity contribution in [1.82, 2.24) is 19.8 Å². The lowest BCUT2D eigenvalue weighted by atomic mass is 9.73. The van der Waals surface area contributed by atoms with Crippen molar-refractivity contribution in [3.63, 3.8) is 0 Å². The monoisotopic (exact) mass is 554 g/mol. The number of likely N-dealkylation sites (tertiary alicyclic amines) is 1. The van der Waals surface area contributed by atoms with Gasteiger partial charge in [-0.3, -0.25) is 4.79 Å². The molecular formula is C33H42N6O2. The Labute approximate surface area is 244 Å². The van der Waals surface area contributed by atoms with Crippen LogP contribution in [0.15, 0.2) is 30.9 Å². The standard InChI is InChI=1S/C33H42N6O2/c1-5-31(40)39-16-15-38(20-25(39)19-34-3)32-29-17-22(2)28(27-13-7-10-23-9-6-12-26(23)27)18-30(29)35-33(36-32)41-21-24-11-8-14-37(24)4/h5,7,10,13,22,24-25,28H,1,6,8-9,11-12,14-21H2,2,4H3/t22-,24+,25+,28-/m1/s1. The highest BCUT2D eigenvalue weighted by molar-refractivity contribution is 5.87. The number of fused-ring (bicyclic) bond motifs is 2. The van der Waals surface area contributed by atoms with Gasteiger partial charge in [-0.2, -0.15) is 9.97 Å². The molecular weight excluding hydrogens is 512 g/mol. The van der Waals surface area contributed by atoms with Crippen LogP contribution in [0, 0.1) is 12.5 Å². The van der Waals surface area contributed by atoms with Crippen molar-refractivity contribution < 1.29 is 9.53 Å². The van der Waals surface area contributed by atoms with Gasteiger partial charge in [-0.1, -0.05) is 31.7 Å². The minimum atomic E-state index is -0.199. The first kappa shape index (κ1) is 27.7. The number of hydrogen-bond acceptors (Lipinski definition) is 6. The zero-order chi connectivity index (χ0) is 28.5. The normalized spacial score (nSPS) is 25.9. The Bertz CT molecular complexity index is 1350. The molecule has 1 amide bonds. The summed E-state index contributed by atoms with van der Waals surface area (Å²) in [6, 6.07) is 7.52. The number of hydrogen-bond donors (Lipinski definition) is 0. The molecule has 2 aliphatic heterocycles. The summed E-state index contributed by atoms with van der Waals surface area (Å²) in [6.07, 6.45) is 9.07. The van der Waals surface area contributed by atoms with Gasteiger partial charge in [0.15, 0.2) is 0 Å². The predicted molar refractivity (Wildman–Crippen MR) is 160 cm³/mol. The first-order valence-electron chi connectivity index (χ1n) is 15.3. The number of benzene rings is 1. The van der Waals surface area contributed by atoms with Gasteiger partial charge in [0.25, 0.3) is 0 Å². The molecule has 216 valence electrons. The molecule has 0 bridgehead atoms. The molecule has 0 unspecified atom stereocenters. The highest BCUT2D eigenvalue weighted by Crippen LogP contribution is 2.43. The molecule has 8 heteroatoms. The van der Waals surface area contributed by atoms with E-state index in [2.05, 4.69) is 53.4 Å². The van der Waals surface area contributed by atoms with E-state index in [-0.39, 0.29) is 18.5 Å². The van der Waals surface area contributed by atoms with E-state index in [1.807, 2.05) is 0 Å². The van der Waals surface area contributed by atoms with Crippen LogP contribution in [-0.4, -0.2) is 84.1 Å². The third-order valence-electron chi connectivity index (χ3n) is 9.88. The summed E-state index contributed by atoms with van der Waals surface area (Å²) in [6.45, 7) is 17.3. The topological polar surface area (TPSA) is 66.2 Å². The molecule has 41 heavy (non-hydrogen) atoms. The van der Waals surface area contributed by atoms with Gasteiger partial charge in [0.2, 0.25) is 12.5 Å². The molecule has 0 spiro atoms.